The van der Waals surface area contributed by atoms with E-state index in [1.54, 1.807) is 13.3 Å². The maximum Gasteiger partial charge on any atom is 0.216 e. The van der Waals surface area contributed by atoms with Crippen LogP contribution in [0.25, 0.3) is 5.65 Å². The van der Waals surface area contributed by atoms with E-state index in [-0.39, 0.29) is 0 Å². The fourth-order valence-electron chi connectivity index (χ4n) is 3.25. The summed E-state index contributed by atoms with van der Waals surface area (Å²) in [5.74, 6) is 1.28. The van der Waals surface area contributed by atoms with Crippen LogP contribution in [0.15, 0.2) is 48.9 Å². The molecule has 4 aromatic heterocycles. The minimum absolute atomic E-state index is 0.571. The van der Waals surface area contributed by atoms with E-state index >= 15 is 0 Å². The van der Waals surface area contributed by atoms with E-state index < -0.39 is 0 Å². The average Bonchev–Trinajstić information content (AvgIpc) is 3.08. The zero-order valence-corrected chi connectivity index (χ0v) is 15.7. The van der Waals surface area contributed by atoms with Gasteiger partial charge in [0, 0.05) is 42.5 Å². The monoisotopic (exact) mass is 359 g/mol. The fraction of sp³-hybridized carbons (Fsp3) is 0.238. The molecule has 0 radical (unpaired) electrons. The lowest BCUT2D eigenvalue weighted by Crippen LogP contribution is -2.05. The summed E-state index contributed by atoms with van der Waals surface area (Å²) in [6, 6.07) is 10.2. The smallest absolute Gasteiger partial charge is 0.216 e. The van der Waals surface area contributed by atoms with E-state index in [9.17, 15) is 0 Å². The van der Waals surface area contributed by atoms with E-state index in [2.05, 4.69) is 46.1 Å². The molecule has 0 saturated carbocycles. The third-order valence-corrected chi connectivity index (χ3v) is 4.35. The van der Waals surface area contributed by atoms with E-state index in [0.717, 1.165) is 28.3 Å². The van der Waals surface area contributed by atoms with Gasteiger partial charge in [0.15, 0.2) is 0 Å². The summed E-state index contributed by atoms with van der Waals surface area (Å²) in [4.78, 5) is 18.2. The number of rotatable bonds is 5. The van der Waals surface area contributed by atoms with Crippen LogP contribution in [0.3, 0.4) is 0 Å². The van der Waals surface area contributed by atoms with Crippen molar-refractivity contribution < 1.29 is 4.74 Å². The van der Waals surface area contributed by atoms with Crippen LogP contribution in [0.5, 0.6) is 5.88 Å². The molecule has 0 aliphatic carbocycles. The molecule has 4 aromatic rings. The Kier molecular flexibility index (Phi) is 4.54. The summed E-state index contributed by atoms with van der Waals surface area (Å²) in [7, 11) is 1.63. The Bertz CT molecular complexity index is 1080. The van der Waals surface area contributed by atoms with E-state index in [0.29, 0.717) is 24.5 Å². The van der Waals surface area contributed by atoms with Gasteiger partial charge in [-0.25, -0.2) is 9.97 Å². The third-order valence-electron chi connectivity index (χ3n) is 4.35. The van der Waals surface area contributed by atoms with Gasteiger partial charge >= 0.3 is 0 Å². The SMILES string of the molecule is COc1cc(Cc2ccn3ccnc3c2)nc(Cc2cc(C)cc(C)n2)n1. The number of aromatic nitrogens is 5. The van der Waals surface area contributed by atoms with Crippen LogP contribution < -0.4 is 4.74 Å². The summed E-state index contributed by atoms with van der Waals surface area (Å²) in [6.07, 6.45) is 7.00. The number of aryl methyl sites for hydroxylation is 2. The van der Waals surface area contributed by atoms with Crippen LogP contribution in [-0.4, -0.2) is 31.4 Å². The molecular weight excluding hydrogens is 338 g/mol. The van der Waals surface area contributed by atoms with Gasteiger partial charge in [0.25, 0.3) is 0 Å². The topological polar surface area (TPSA) is 65.2 Å². The van der Waals surface area contributed by atoms with Gasteiger partial charge in [-0.2, -0.15) is 4.98 Å². The molecular formula is C21H21N5O. The number of methoxy groups -OCH3 is 1. The maximum atomic E-state index is 5.39. The first-order chi connectivity index (χ1) is 13.1. The van der Waals surface area contributed by atoms with Crippen LogP contribution >= 0.6 is 0 Å². The first kappa shape index (κ1) is 17.1. The average molecular weight is 359 g/mol. The van der Waals surface area contributed by atoms with E-state index in [1.165, 1.54) is 5.56 Å². The summed E-state index contributed by atoms with van der Waals surface area (Å²) >= 11 is 0. The predicted octanol–water partition coefficient (Wildman–Crippen LogP) is 3.33. The lowest BCUT2D eigenvalue weighted by atomic mass is 10.1. The molecule has 0 bridgehead atoms. The maximum absolute atomic E-state index is 5.39. The van der Waals surface area contributed by atoms with Crippen molar-refractivity contribution in [3.63, 3.8) is 0 Å². The van der Waals surface area contributed by atoms with Crippen molar-refractivity contribution in [2.75, 3.05) is 7.11 Å². The standard InChI is InChI=1S/C21H21N5O/c1-14-8-15(2)23-17(9-14)12-19-24-18(13-21(25-19)27-3)10-16-4-6-26-7-5-22-20(26)11-16/h4-9,11,13H,10,12H2,1-3H3. The Hall–Kier alpha value is -3.28. The number of hydrogen-bond donors (Lipinski definition) is 0. The first-order valence-corrected chi connectivity index (χ1v) is 8.85. The van der Waals surface area contributed by atoms with Gasteiger partial charge in [-0.15, -0.1) is 0 Å². The van der Waals surface area contributed by atoms with Crippen LogP contribution in [0.4, 0.5) is 0 Å². The molecule has 136 valence electrons. The molecule has 27 heavy (non-hydrogen) atoms. The normalized spacial score (nSPS) is 11.1. The molecule has 0 unspecified atom stereocenters. The number of imidazole rings is 1. The number of fused-ring (bicyclic) bond motifs is 1. The molecule has 6 nitrogen and oxygen atoms in total. The quantitative estimate of drug-likeness (QED) is 0.547. The lowest BCUT2D eigenvalue weighted by Gasteiger charge is -2.09. The molecule has 4 rings (SSSR count). The molecule has 0 N–H and O–H groups in total. The second-order valence-electron chi connectivity index (χ2n) is 6.68. The van der Waals surface area contributed by atoms with Crippen molar-refractivity contribution in [3.05, 3.63) is 83.0 Å². The lowest BCUT2D eigenvalue weighted by molar-refractivity contribution is 0.394. The Labute approximate surface area is 157 Å². The molecule has 0 saturated heterocycles. The highest BCUT2D eigenvalue weighted by Gasteiger charge is 2.09. The molecule has 0 fully saturated rings. The van der Waals surface area contributed by atoms with Crippen LogP contribution in [0, 0.1) is 13.8 Å². The Morgan fingerprint density at radius 3 is 2.59 bits per heavy atom. The Balaban J connectivity index is 1.63. The van der Waals surface area contributed by atoms with Crippen molar-refractivity contribution in [1.29, 1.82) is 0 Å². The van der Waals surface area contributed by atoms with Crippen molar-refractivity contribution in [2.45, 2.75) is 26.7 Å². The molecule has 6 heteroatoms. The molecule has 0 aliphatic heterocycles. The summed E-state index contributed by atoms with van der Waals surface area (Å²) in [5, 5.41) is 0. The highest BCUT2D eigenvalue weighted by molar-refractivity contribution is 5.42. The molecule has 0 aromatic carbocycles. The molecule has 0 aliphatic rings. The second kappa shape index (κ2) is 7.15. The van der Waals surface area contributed by atoms with Gasteiger partial charge in [-0.1, -0.05) is 0 Å². The third kappa shape index (κ3) is 3.95. The summed E-state index contributed by atoms with van der Waals surface area (Å²) in [6.45, 7) is 4.07. The summed E-state index contributed by atoms with van der Waals surface area (Å²) in [5.41, 5.74) is 6.13. The Morgan fingerprint density at radius 2 is 1.78 bits per heavy atom. The predicted molar refractivity (Wildman–Crippen MR) is 103 cm³/mol. The van der Waals surface area contributed by atoms with Crippen LogP contribution in [0.2, 0.25) is 0 Å². The number of ether oxygens (including phenoxy) is 1. The van der Waals surface area contributed by atoms with Crippen molar-refractivity contribution in [1.82, 2.24) is 24.3 Å². The van der Waals surface area contributed by atoms with Gasteiger partial charge in [0.2, 0.25) is 5.88 Å². The minimum Gasteiger partial charge on any atom is -0.481 e. The minimum atomic E-state index is 0.571. The van der Waals surface area contributed by atoms with Gasteiger partial charge in [0.05, 0.1) is 19.2 Å². The van der Waals surface area contributed by atoms with Gasteiger partial charge in [-0.3, -0.25) is 4.98 Å². The van der Waals surface area contributed by atoms with Gasteiger partial charge in [0.1, 0.15) is 11.5 Å². The largest absolute Gasteiger partial charge is 0.481 e. The highest BCUT2D eigenvalue weighted by Crippen LogP contribution is 2.16. The fourth-order valence-corrected chi connectivity index (χ4v) is 3.25. The van der Waals surface area contributed by atoms with E-state index in [1.807, 2.05) is 29.8 Å². The van der Waals surface area contributed by atoms with E-state index in [4.69, 9.17) is 9.72 Å². The number of nitrogens with zero attached hydrogens (tertiary/aromatic N) is 5. The molecule has 0 spiro atoms. The van der Waals surface area contributed by atoms with Crippen molar-refractivity contribution in [2.24, 2.45) is 0 Å². The number of hydrogen-bond acceptors (Lipinski definition) is 5. The Morgan fingerprint density at radius 1 is 0.926 bits per heavy atom. The van der Waals surface area contributed by atoms with Gasteiger partial charge < -0.3 is 9.14 Å². The highest BCUT2D eigenvalue weighted by atomic mass is 16.5. The first-order valence-electron chi connectivity index (χ1n) is 8.85. The number of pyridine rings is 2. The second-order valence-corrected chi connectivity index (χ2v) is 6.68. The van der Waals surface area contributed by atoms with Crippen LogP contribution in [0.1, 0.15) is 34.0 Å². The summed E-state index contributed by atoms with van der Waals surface area (Å²) < 4.78 is 7.38. The van der Waals surface area contributed by atoms with Crippen LogP contribution in [-0.2, 0) is 12.8 Å². The molecule has 0 atom stereocenters. The zero-order chi connectivity index (χ0) is 18.8. The molecule has 4 heterocycles. The van der Waals surface area contributed by atoms with Gasteiger partial charge in [-0.05, 0) is 49.2 Å². The van der Waals surface area contributed by atoms with Crippen molar-refractivity contribution >= 4 is 5.65 Å². The molecule has 0 amide bonds. The zero-order valence-electron chi connectivity index (χ0n) is 15.7. The van der Waals surface area contributed by atoms with Crippen molar-refractivity contribution in [3.8, 4) is 5.88 Å².